The van der Waals surface area contributed by atoms with Gasteiger partial charge in [0.05, 0.1) is 0 Å². The van der Waals surface area contributed by atoms with Crippen molar-refractivity contribution in [3.05, 3.63) is 42.7 Å². The molecule has 1 aromatic carbocycles. The zero-order chi connectivity index (χ0) is 14.5. The van der Waals surface area contributed by atoms with E-state index in [1.807, 2.05) is 24.4 Å². The van der Waals surface area contributed by atoms with E-state index in [0.29, 0.717) is 17.8 Å². The van der Waals surface area contributed by atoms with E-state index in [1.54, 1.807) is 0 Å². The van der Waals surface area contributed by atoms with Gasteiger partial charge >= 0.3 is 0 Å². The fraction of sp³-hybridized carbons (Fsp3) is 0.471. The predicted octanol–water partition coefficient (Wildman–Crippen LogP) is 4.55. The lowest BCUT2D eigenvalue weighted by molar-refractivity contribution is 0.253. The van der Waals surface area contributed by atoms with Gasteiger partial charge in [-0.15, -0.1) is 0 Å². The van der Waals surface area contributed by atoms with Crippen molar-refractivity contribution in [2.75, 3.05) is 5.32 Å². The molecule has 0 aliphatic rings. The summed E-state index contributed by atoms with van der Waals surface area (Å²) >= 11 is 0. The van der Waals surface area contributed by atoms with Crippen molar-refractivity contribution in [1.29, 1.82) is 0 Å². The van der Waals surface area contributed by atoms with Gasteiger partial charge in [-0.05, 0) is 29.9 Å². The third-order valence-corrected chi connectivity index (χ3v) is 3.87. The van der Waals surface area contributed by atoms with Gasteiger partial charge in [0.15, 0.2) is 0 Å². The topological polar surface area (TPSA) is 29.9 Å². The number of imidazole rings is 1. The summed E-state index contributed by atoms with van der Waals surface area (Å²) in [7, 11) is 0. The van der Waals surface area contributed by atoms with Crippen LogP contribution in [-0.2, 0) is 6.54 Å². The van der Waals surface area contributed by atoms with Gasteiger partial charge in [0.1, 0.15) is 0 Å². The lowest BCUT2D eigenvalue weighted by Crippen LogP contribution is -2.22. The van der Waals surface area contributed by atoms with Gasteiger partial charge in [0.25, 0.3) is 0 Å². The Hall–Kier alpha value is -1.77. The monoisotopic (exact) mass is 271 g/mol. The van der Waals surface area contributed by atoms with Crippen molar-refractivity contribution >= 4 is 11.6 Å². The minimum Gasteiger partial charge on any atom is -0.326 e. The summed E-state index contributed by atoms with van der Waals surface area (Å²) in [5.41, 5.74) is 1.07. The van der Waals surface area contributed by atoms with Crippen molar-refractivity contribution in [3.8, 4) is 0 Å². The van der Waals surface area contributed by atoms with Gasteiger partial charge in [0, 0.05) is 24.6 Å². The van der Waals surface area contributed by atoms with Crippen LogP contribution in [0.1, 0.15) is 27.7 Å². The van der Waals surface area contributed by atoms with Gasteiger partial charge in [-0.3, -0.25) is 0 Å². The summed E-state index contributed by atoms with van der Waals surface area (Å²) < 4.78 is 2.22. The second-order valence-corrected chi connectivity index (χ2v) is 6.05. The molecule has 0 aliphatic carbocycles. The number of nitrogens with one attached hydrogen (secondary N) is 1. The third kappa shape index (κ3) is 3.62. The molecule has 3 heteroatoms. The SMILES string of the molecule is CC(C)C(Cn1ccnc1Nc1ccccc1)C(C)C. The van der Waals surface area contributed by atoms with Crippen LogP contribution in [0, 0.1) is 17.8 Å². The standard InChI is InChI=1S/C17H25N3/c1-13(2)16(14(3)4)12-20-11-10-18-17(20)19-15-8-6-5-7-9-15/h5-11,13-14,16H,12H2,1-4H3,(H,18,19). The number of rotatable bonds is 6. The molecule has 0 spiro atoms. The molecular formula is C17H25N3. The summed E-state index contributed by atoms with van der Waals surface area (Å²) in [6.07, 6.45) is 3.92. The maximum atomic E-state index is 4.44. The highest BCUT2D eigenvalue weighted by Crippen LogP contribution is 2.24. The first-order valence-electron chi connectivity index (χ1n) is 7.41. The van der Waals surface area contributed by atoms with E-state index in [0.717, 1.165) is 18.2 Å². The van der Waals surface area contributed by atoms with Crippen LogP contribution < -0.4 is 5.32 Å². The third-order valence-electron chi connectivity index (χ3n) is 3.87. The Balaban J connectivity index is 2.12. The molecule has 0 unspecified atom stereocenters. The second kappa shape index (κ2) is 6.60. The van der Waals surface area contributed by atoms with Crippen LogP contribution in [0.2, 0.25) is 0 Å². The fourth-order valence-corrected chi connectivity index (χ4v) is 2.65. The van der Waals surface area contributed by atoms with Gasteiger partial charge < -0.3 is 9.88 Å². The Bertz CT molecular complexity index is 506. The summed E-state index contributed by atoms with van der Waals surface area (Å²) in [5, 5.41) is 3.39. The Morgan fingerprint density at radius 1 is 1.05 bits per heavy atom. The molecule has 0 saturated heterocycles. The number of hydrogen-bond acceptors (Lipinski definition) is 2. The zero-order valence-corrected chi connectivity index (χ0v) is 12.9. The Morgan fingerprint density at radius 2 is 1.70 bits per heavy atom. The van der Waals surface area contributed by atoms with Crippen LogP contribution >= 0.6 is 0 Å². The minimum atomic E-state index is 0.653. The minimum absolute atomic E-state index is 0.653. The van der Waals surface area contributed by atoms with Crippen molar-refractivity contribution < 1.29 is 0 Å². The summed E-state index contributed by atoms with van der Waals surface area (Å²) in [6.45, 7) is 10.2. The molecule has 1 heterocycles. The quantitative estimate of drug-likeness (QED) is 0.835. The molecule has 0 saturated carbocycles. The Labute approximate surface area is 122 Å². The summed E-state index contributed by atoms with van der Waals surface area (Å²) in [5.74, 6) is 2.91. The molecule has 1 N–H and O–H groups in total. The first-order valence-corrected chi connectivity index (χ1v) is 7.41. The molecular weight excluding hydrogens is 246 g/mol. The molecule has 1 aromatic heterocycles. The number of para-hydroxylation sites is 1. The van der Waals surface area contributed by atoms with E-state index < -0.39 is 0 Å². The maximum absolute atomic E-state index is 4.44. The van der Waals surface area contributed by atoms with E-state index in [2.05, 4.69) is 60.9 Å². The van der Waals surface area contributed by atoms with E-state index in [9.17, 15) is 0 Å². The first-order chi connectivity index (χ1) is 9.58. The van der Waals surface area contributed by atoms with Crippen LogP contribution in [0.5, 0.6) is 0 Å². The number of anilines is 2. The van der Waals surface area contributed by atoms with Gasteiger partial charge in [-0.25, -0.2) is 4.98 Å². The van der Waals surface area contributed by atoms with Crippen molar-refractivity contribution in [2.45, 2.75) is 34.2 Å². The molecule has 0 atom stereocenters. The maximum Gasteiger partial charge on any atom is 0.207 e. The summed E-state index contributed by atoms with van der Waals surface area (Å²) in [6, 6.07) is 10.2. The van der Waals surface area contributed by atoms with Crippen molar-refractivity contribution in [1.82, 2.24) is 9.55 Å². The number of aromatic nitrogens is 2. The number of nitrogens with zero attached hydrogens (tertiary/aromatic N) is 2. The molecule has 3 nitrogen and oxygen atoms in total. The molecule has 0 bridgehead atoms. The van der Waals surface area contributed by atoms with Gasteiger partial charge in [-0.2, -0.15) is 0 Å². The van der Waals surface area contributed by atoms with E-state index in [4.69, 9.17) is 0 Å². The van der Waals surface area contributed by atoms with Crippen LogP contribution in [-0.4, -0.2) is 9.55 Å². The molecule has 2 aromatic rings. The first kappa shape index (κ1) is 14.6. The normalized spacial score (nSPS) is 11.6. The van der Waals surface area contributed by atoms with Crippen LogP contribution in [0.4, 0.5) is 11.6 Å². The van der Waals surface area contributed by atoms with E-state index in [-0.39, 0.29) is 0 Å². The molecule has 0 fully saturated rings. The number of hydrogen-bond donors (Lipinski definition) is 1. The molecule has 108 valence electrons. The molecule has 0 amide bonds. The fourth-order valence-electron chi connectivity index (χ4n) is 2.65. The molecule has 0 radical (unpaired) electrons. The lowest BCUT2D eigenvalue weighted by Gasteiger charge is -2.26. The smallest absolute Gasteiger partial charge is 0.207 e. The van der Waals surface area contributed by atoms with E-state index >= 15 is 0 Å². The average molecular weight is 271 g/mol. The van der Waals surface area contributed by atoms with Crippen LogP contribution in [0.15, 0.2) is 42.7 Å². The average Bonchev–Trinajstić information content (AvgIpc) is 2.83. The van der Waals surface area contributed by atoms with Crippen LogP contribution in [0.25, 0.3) is 0 Å². The Kier molecular flexibility index (Phi) is 4.83. The molecule has 20 heavy (non-hydrogen) atoms. The second-order valence-electron chi connectivity index (χ2n) is 6.05. The van der Waals surface area contributed by atoms with Crippen molar-refractivity contribution in [3.63, 3.8) is 0 Å². The Morgan fingerprint density at radius 3 is 2.30 bits per heavy atom. The number of benzene rings is 1. The summed E-state index contributed by atoms with van der Waals surface area (Å²) in [4.78, 5) is 4.44. The highest BCUT2D eigenvalue weighted by Gasteiger charge is 2.19. The highest BCUT2D eigenvalue weighted by molar-refractivity contribution is 5.52. The van der Waals surface area contributed by atoms with Crippen molar-refractivity contribution in [2.24, 2.45) is 17.8 Å². The van der Waals surface area contributed by atoms with Gasteiger partial charge in [-0.1, -0.05) is 45.9 Å². The molecule has 0 aliphatic heterocycles. The largest absolute Gasteiger partial charge is 0.326 e. The van der Waals surface area contributed by atoms with Gasteiger partial charge in [0.2, 0.25) is 5.95 Å². The van der Waals surface area contributed by atoms with Crippen LogP contribution in [0.3, 0.4) is 0 Å². The highest BCUT2D eigenvalue weighted by atomic mass is 15.2. The zero-order valence-electron chi connectivity index (χ0n) is 12.9. The molecule has 2 rings (SSSR count). The van der Waals surface area contributed by atoms with E-state index in [1.165, 1.54) is 0 Å². The lowest BCUT2D eigenvalue weighted by atomic mass is 9.85. The predicted molar refractivity (Wildman–Crippen MR) is 85.1 cm³/mol.